The summed E-state index contributed by atoms with van der Waals surface area (Å²) in [6.45, 7) is 4.77. The highest BCUT2D eigenvalue weighted by Gasteiger charge is 2.31. The fourth-order valence-corrected chi connectivity index (χ4v) is 4.65. The van der Waals surface area contributed by atoms with E-state index in [-0.39, 0.29) is 17.6 Å². The summed E-state index contributed by atoms with van der Waals surface area (Å²) >= 11 is 0. The summed E-state index contributed by atoms with van der Waals surface area (Å²) in [5.74, 6) is 2.33. The van der Waals surface area contributed by atoms with E-state index in [4.69, 9.17) is 4.74 Å². The number of carbonyl (C=O) groups is 2. The van der Waals surface area contributed by atoms with Crippen molar-refractivity contribution in [2.24, 2.45) is 5.92 Å². The largest absolute Gasteiger partial charge is 0.488 e. The van der Waals surface area contributed by atoms with E-state index in [1.807, 2.05) is 22.8 Å². The molecule has 1 unspecified atom stereocenters. The van der Waals surface area contributed by atoms with Crippen LogP contribution in [0.4, 0.5) is 11.6 Å². The first-order valence-electron chi connectivity index (χ1n) is 10.9. The maximum Gasteiger partial charge on any atom is 0.255 e. The van der Waals surface area contributed by atoms with Gasteiger partial charge in [0, 0.05) is 37.0 Å². The zero-order chi connectivity index (χ0) is 20.7. The SMILES string of the molecule is CCC1Cc2cc(N3CCOc4cc(C(=O)N5CCCCC5)cnc43)ncc2C1=O. The number of anilines is 2. The van der Waals surface area contributed by atoms with Gasteiger partial charge in [0.25, 0.3) is 5.91 Å². The molecule has 30 heavy (non-hydrogen) atoms. The minimum absolute atomic E-state index is 0.0190. The number of ether oxygens (including phenoxy) is 1. The molecule has 1 amide bonds. The maximum atomic E-state index is 12.8. The number of likely N-dealkylation sites (tertiary alicyclic amines) is 1. The highest BCUT2D eigenvalue weighted by atomic mass is 16.5. The first-order valence-corrected chi connectivity index (χ1v) is 10.9. The van der Waals surface area contributed by atoms with E-state index in [0.717, 1.165) is 55.7 Å². The lowest BCUT2D eigenvalue weighted by atomic mass is 10.0. The summed E-state index contributed by atoms with van der Waals surface area (Å²) in [7, 11) is 0. The Morgan fingerprint density at radius 3 is 2.77 bits per heavy atom. The minimum atomic E-state index is 0.0190. The van der Waals surface area contributed by atoms with Gasteiger partial charge in [0.05, 0.1) is 12.1 Å². The number of Topliss-reactive ketones (excluding diaryl/α,β-unsaturated/α-hetero) is 1. The zero-order valence-electron chi connectivity index (χ0n) is 17.3. The number of amides is 1. The van der Waals surface area contributed by atoms with Crippen molar-refractivity contribution in [3.8, 4) is 5.75 Å². The van der Waals surface area contributed by atoms with Crippen LogP contribution in [0.3, 0.4) is 0 Å². The Morgan fingerprint density at radius 1 is 1.13 bits per heavy atom. The number of hydrogen-bond donors (Lipinski definition) is 0. The standard InChI is InChI=1S/C23H26N4O3/c1-2-15-10-16-12-20(24-14-18(16)21(15)28)27-8-9-30-19-11-17(13-25-22(19)27)23(29)26-6-4-3-5-7-26/h11-15H,2-10H2,1H3. The molecule has 0 saturated carbocycles. The Morgan fingerprint density at radius 2 is 1.97 bits per heavy atom. The molecular weight excluding hydrogens is 380 g/mol. The predicted octanol–water partition coefficient (Wildman–Crippen LogP) is 3.40. The summed E-state index contributed by atoms with van der Waals surface area (Å²) in [4.78, 5) is 38.3. The molecule has 2 aromatic heterocycles. The van der Waals surface area contributed by atoms with Crippen LogP contribution in [0, 0.1) is 5.92 Å². The molecule has 0 N–H and O–H groups in total. The first kappa shape index (κ1) is 19.0. The van der Waals surface area contributed by atoms with Gasteiger partial charge in [0.15, 0.2) is 17.4 Å². The van der Waals surface area contributed by atoms with Gasteiger partial charge in [-0.3, -0.25) is 9.59 Å². The lowest BCUT2D eigenvalue weighted by molar-refractivity contribution is 0.0723. The van der Waals surface area contributed by atoms with Gasteiger partial charge in [-0.1, -0.05) is 6.92 Å². The van der Waals surface area contributed by atoms with Crippen LogP contribution in [-0.4, -0.2) is 52.8 Å². The van der Waals surface area contributed by atoms with Crippen molar-refractivity contribution in [3.05, 3.63) is 41.2 Å². The Balaban J connectivity index is 1.42. The third kappa shape index (κ3) is 3.22. The van der Waals surface area contributed by atoms with Crippen LogP contribution < -0.4 is 9.64 Å². The van der Waals surface area contributed by atoms with Gasteiger partial charge >= 0.3 is 0 Å². The lowest BCUT2D eigenvalue weighted by Crippen LogP contribution is -2.36. The topological polar surface area (TPSA) is 75.6 Å². The van der Waals surface area contributed by atoms with E-state index in [1.165, 1.54) is 6.42 Å². The highest BCUT2D eigenvalue weighted by Crippen LogP contribution is 2.37. The summed E-state index contributed by atoms with van der Waals surface area (Å²) in [5.41, 5.74) is 2.37. The highest BCUT2D eigenvalue weighted by molar-refractivity contribution is 6.02. The fourth-order valence-electron chi connectivity index (χ4n) is 4.65. The van der Waals surface area contributed by atoms with Crippen molar-refractivity contribution < 1.29 is 14.3 Å². The molecule has 0 spiro atoms. The predicted molar refractivity (Wildman–Crippen MR) is 113 cm³/mol. The number of aromatic nitrogens is 2. The number of ketones is 1. The fraction of sp³-hybridized carbons (Fsp3) is 0.478. The van der Waals surface area contributed by atoms with Gasteiger partial charge in [-0.25, -0.2) is 9.97 Å². The number of fused-ring (bicyclic) bond motifs is 2. The molecule has 7 nitrogen and oxygen atoms in total. The number of nitrogens with zero attached hydrogens (tertiary/aromatic N) is 4. The molecule has 0 bridgehead atoms. The van der Waals surface area contributed by atoms with Crippen molar-refractivity contribution in [3.63, 3.8) is 0 Å². The minimum Gasteiger partial charge on any atom is -0.488 e. The molecule has 156 valence electrons. The van der Waals surface area contributed by atoms with Gasteiger partial charge in [0.2, 0.25) is 0 Å². The molecule has 3 aliphatic rings. The van der Waals surface area contributed by atoms with E-state index in [2.05, 4.69) is 9.97 Å². The Labute approximate surface area is 176 Å². The molecular formula is C23H26N4O3. The second-order valence-corrected chi connectivity index (χ2v) is 8.27. The summed E-state index contributed by atoms with van der Waals surface area (Å²) in [6.07, 6.45) is 8.25. The average Bonchev–Trinajstić information content (AvgIpc) is 3.13. The van der Waals surface area contributed by atoms with Crippen LogP contribution in [-0.2, 0) is 6.42 Å². The van der Waals surface area contributed by atoms with Crippen LogP contribution in [0.25, 0.3) is 0 Å². The molecule has 1 aliphatic carbocycles. The van der Waals surface area contributed by atoms with Crippen molar-refractivity contribution >= 4 is 23.3 Å². The number of piperidine rings is 1. The van der Waals surface area contributed by atoms with Gasteiger partial charge < -0.3 is 14.5 Å². The Hall–Kier alpha value is -2.96. The van der Waals surface area contributed by atoms with Crippen LogP contribution in [0.2, 0.25) is 0 Å². The number of carbonyl (C=O) groups excluding carboxylic acids is 2. The second kappa shape index (κ2) is 7.70. The van der Waals surface area contributed by atoms with Crippen LogP contribution in [0.1, 0.15) is 58.9 Å². The zero-order valence-corrected chi connectivity index (χ0v) is 17.3. The van der Waals surface area contributed by atoms with Gasteiger partial charge in [-0.05, 0) is 49.8 Å². The van der Waals surface area contributed by atoms with Gasteiger partial charge in [-0.15, -0.1) is 0 Å². The third-order valence-corrected chi connectivity index (χ3v) is 6.40. The number of hydrogen-bond acceptors (Lipinski definition) is 6. The summed E-state index contributed by atoms with van der Waals surface area (Å²) in [5, 5.41) is 0. The van der Waals surface area contributed by atoms with Crippen molar-refractivity contribution in [2.45, 2.75) is 39.0 Å². The van der Waals surface area contributed by atoms with E-state index < -0.39 is 0 Å². The molecule has 1 saturated heterocycles. The third-order valence-electron chi connectivity index (χ3n) is 6.40. The molecule has 4 heterocycles. The quantitative estimate of drug-likeness (QED) is 0.778. The summed E-state index contributed by atoms with van der Waals surface area (Å²) in [6, 6.07) is 3.81. The maximum absolute atomic E-state index is 12.8. The van der Waals surface area contributed by atoms with Crippen molar-refractivity contribution in [2.75, 3.05) is 31.1 Å². The van der Waals surface area contributed by atoms with Crippen LogP contribution >= 0.6 is 0 Å². The van der Waals surface area contributed by atoms with Crippen molar-refractivity contribution in [1.82, 2.24) is 14.9 Å². The molecule has 2 aromatic rings. The van der Waals surface area contributed by atoms with Gasteiger partial charge in [0.1, 0.15) is 12.4 Å². The molecule has 5 rings (SSSR count). The normalized spacial score (nSPS) is 20.6. The first-order chi connectivity index (χ1) is 14.7. The van der Waals surface area contributed by atoms with E-state index in [0.29, 0.717) is 30.3 Å². The molecule has 0 radical (unpaired) electrons. The van der Waals surface area contributed by atoms with Crippen molar-refractivity contribution in [1.29, 1.82) is 0 Å². The molecule has 7 heteroatoms. The van der Waals surface area contributed by atoms with E-state index >= 15 is 0 Å². The van der Waals surface area contributed by atoms with Crippen LogP contribution in [0.5, 0.6) is 5.75 Å². The monoisotopic (exact) mass is 406 g/mol. The average molecular weight is 406 g/mol. The smallest absolute Gasteiger partial charge is 0.255 e. The van der Waals surface area contributed by atoms with Crippen LogP contribution in [0.15, 0.2) is 24.5 Å². The number of pyridine rings is 2. The summed E-state index contributed by atoms with van der Waals surface area (Å²) < 4.78 is 5.84. The lowest BCUT2D eigenvalue weighted by Gasteiger charge is -2.30. The van der Waals surface area contributed by atoms with E-state index in [1.54, 1.807) is 18.5 Å². The number of rotatable bonds is 3. The van der Waals surface area contributed by atoms with Gasteiger partial charge in [-0.2, -0.15) is 0 Å². The second-order valence-electron chi connectivity index (χ2n) is 8.27. The molecule has 1 fully saturated rings. The molecule has 1 atom stereocenters. The molecule has 2 aliphatic heterocycles. The van der Waals surface area contributed by atoms with E-state index in [9.17, 15) is 9.59 Å². The molecule has 0 aromatic carbocycles. The Kier molecular flexibility index (Phi) is 4.89. The Bertz CT molecular complexity index is 1000.